The van der Waals surface area contributed by atoms with Crippen LogP contribution in [-0.2, 0) is 14.8 Å². The lowest BCUT2D eigenvalue weighted by atomic mass is 10.0. The maximum Gasteiger partial charge on any atom is 0.269 e. The van der Waals surface area contributed by atoms with Crippen molar-refractivity contribution in [2.45, 2.75) is 49.1 Å². The standard InChI is InChI=1S/C17H24N4O5S.ClH/c18-15(12-4-5-12)11-19-17(22)16-3-1-2-10-20(16)27(25,26)14-8-6-13(7-9-14)21(23)24;/h6-9,12,15-16H,1-5,10-11,18H2,(H,19,22);1H. The number of amides is 1. The molecule has 0 spiro atoms. The highest BCUT2D eigenvalue weighted by molar-refractivity contribution is 7.89. The van der Waals surface area contributed by atoms with Crippen molar-refractivity contribution in [3.05, 3.63) is 34.4 Å². The van der Waals surface area contributed by atoms with E-state index in [1.54, 1.807) is 0 Å². The number of carbonyl (C=O) groups is 1. The number of nitrogens with zero attached hydrogens (tertiary/aromatic N) is 2. The lowest BCUT2D eigenvalue weighted by Gasteiger charge is -2.33. The summed E-state index contributed by atoms with van der Waals surface area (Å²) in [6.45, 7) is 0.581. The molecule has 9 nitrogen and oxygen atoms in total. The van der Waals surface area contributed by atoms with Crippen LogP contribution in [-0.4, -0.2) is 48.7 Å². The number of nitro benzene ring substituents is 1. The number of non-ortho nitro benzene ring substituents is 1. The van der Waals surface area contributed by atoms with Crippen molar-refractivity contribution in [3.8, 4) is 0 Å². The highest BCUT2D eigenvalue weighted by Gasteiger charge is 2.38. The molecule has 2 atom stereocenters. The van der Waals surface area contributed by atoms with Crippen LogP contribution in [0.2, 0.25) is 0 Å². The van der Waals surface area contributed by atoms with Crippen molar-refractivity contribution < 1.29 is 18.1 Å². The summed E-state index contributed by atoms with van der Waals surface area (Å²) in [6, 6.07) is 3.84. The van der Waals surface area contributed by atoms with Crippen LogP contribution >= 0.6 is 12.4 Å². The Labute approximate surface area is 170 Å². The van der Waals surface area contributed by atoms with Crippen LogP contribution < -0.4 is 11.1 Å². The fraction of sp³-hybridized carbons (Fsp3) is 0.588. The second kappa shape index (κ2) is 9.17. The van der Waals surface area contributed by atoms with Gasteiger partial charge in [0.05, 0.1) is 9.82 Å². The van der Waals surface area contributed by atoms with Gasteiger partial charge in [-0.1, -0.05) is 6.42 Å². The Bertz CT molecular complexity index is 813. The van der Waals surface area contributed by atoms with E-state index < -0.39 is 21.0 Å². The molecule has 1 aliphatic carbocycles. The minimum absolute atomic E-state index is 0. The van der Waals surface area contributed by atoms with Gasteiger partial charge in [-0.05, 0) is 43.7 Å². The van der Waals surface area contributed by atoms with Crippen molar-refractivity contribution >= 4 is 34.0 Å². The van der Waals surface area contributed by atoms with Gasteiger partial charge >= 0.3 is 0 Å². The van der Waals surface area contributed by atoms with E-state index in [4.69, 9.17) is 5.73 Å². The smallest absolute Gasteiger partial charge is 0.269 e. The molecule has 3 N–H and O–H groups in total. The Kier molecular flexibility index (Phi) is 7.38. The van der Waals surface area contributed by atoms with Crippen molar-refractivity contribution in [3.63, 3.8) is 0 Å². The second-order valence-corrected chi connectivity index (χ2v) is 9.02. The third-order valence-corrected chi connectivity index (χ3v) is 7.07. The van der Waals surface area contributed by atoms with Crippen LogP contribution in [0.15, 0.2) is 29.2 Å². The maximum absolute atomic E-state index is 13.0. The predicted octanol–water partition coefficient (Wildman–Crippen LogP) is 1.41. The number of benzene rings is 1. The van der Waals surface area contributed by atoms with Crippen molar-refractivity contribution in [1.29, 1.82) is 0 Å². The average Bonchev–Trinajstić information content (AvgIpc) is 3.51. The fourth-order valence-electron chi connectivity index (χ4n) is 3.36. The number of rotatable bonds is 7. The molecular weight excluding hydrogens is 408 g/mol. The molecule has 2 fully saturated rings. The minimum atomic E-state index is -3.92. The first kappa shape index (κ1) is 22.5. The second-order valence-electron chi connectivity index (χ2n) is 7.12. The Hall–Kier alpha value is -1.75. The Morgan fingerprint density at radius 1 is 1.25 bits per heavy atom. The molecule has 2 unspecified atom stereocenters. The molecule has 0 bridgehead atoms. The summed E-state index contributed by atoms with van der Waals surface area (Å²) >= 11 is 0. The first-order chi connectivity index (χ1) is 12.8. The molecule has 2 aliphatic rings. The van der Waals surface area contributed by atoms with E-state index in [2.05, 4.69) is 5.32 Å². The van der Waals surface area contributed by atoms with Crippen molar-refractivity contribution in [1.82, 2.24) is 9.62 Å². The molecule has 0 radical (unpaired) electrons. The molecule has 1 aliphatic heterocycles. The van der Waals surface area contributed by atoms with Gasteiger partial charge in [-0.2, -0.15) is 4.31 Å². The number of nitro groups is 1. The number of nitrogens with one attached hydrogen (secondary N) is 1. The molecule has 156 valence electrons. The molecule has 1 saturated carbocycles. The molecular formula is C17H25ClN4O5S. The van der Waals surface area contributed by atoms with Gasteiger partial charge in [0.25, 0.3) is 5.69 Å². The molecule has 1 aromatic rings. The monoisotopic (exact) mass is 432 g/mol. The number of piperidine rings is 1. The van der Waals surface area contributed by atoms with Crippen LogP contribution in [0.4, 0.5) is 5.69 Å². The molecule has 3 rings (SSSR count). The summed E-state index contributed by atoms with van der Waals surface area (Å²) in [5.74, 6) is 0.105. The van der Waals surface area contributed by atoms with Gasteiger partial charge in [0, 0.05) is 31.3 Å². The summed E-state index contributed by atoms with van der Waals surface area (Å²) in [4.78, 5) is 22.7. The normalized spacial score (nSPS) is 21.4. The SMILES string of the molecule is Cl.NC(CNC(=O)C1CCCCN1S(=O)(=O)c1ccc([N+](=O)[O-])cc1)C1CC1. The third-order valence-electron chi connectivity index (χ3n) is 5.15. The van der Waals surface area contributed by atoms with Crippen molar-refractivity contribution in [2.24, 2.45) is 11.7 Å². The zero-order valence-corrected chi connectivity index (χ0v) is 17.0. The zero-order chi connectivity index (χ0) is 19.6. The molecule has 11 heteroatoms. The number of halogens is 1. The number of hydrogen-bond donors (Lipinski definition) is 2. The zero-order valence-electron chi connectivity index (χ0n) is 15.3. The number of carbonyl (C=O) groups excluding carboxylic acids is 1. The highest BCUT2D eigenvalue weighted by atomic mass is 35.5. The summed E-state index contributed by atoms with van der Waals surface area (Å²) in [6.07, 6.45) is 4.01. The highest BCUT2D eigenvalue weighted by Crippen LogP contribution is 2.31. The molecule has 1 heterocycles. The maximum atomic E-state index is 13.0. The van der Waals surface area contributed by atoms with Gasteiger partial charge in [0.2, 0.25) is 15.9 Å². The number of hydrogen-bond acceptors (Lipinski definition) is 6. The summed E-state index contributed by atoms with van der Waals surface area (Å²) in [5.41, 5.74) is 5.82. The minimum Gasteiger partial charge on any atom is -0.353 e. The topological polar surface area (TPSA) is 136 Å². The predicted molar refractivity (Wildman–Crippen MR) is 106 cm³/mol. The van der Waals surface area contributed by atoms with Crippen LogP contribution in [0.5, 0.6) is 0 Å². The summed E-state index contributed by atoms with van der Waals surface area (Å²) < 4.78 is 27.2. The molecule has 28 heavy (non-hydrogen) atoms. The van der Waals surface area contributed by atoms with E-state index in [1.807, 2.05) is 0 Å². The van der Waals surface area contributed by atoms with E-state index in [0.717, 1.165) is 31.4 Å². The average molecular weight is 433 g/mol. The van der Waals surface area contributed by atoms with Gasteiger partial charge in [-0.25, -0.2) is 8.42 Å². The van der Waals surface area contributed by atoms with E-state index in [-0.39, 0.29) is 41.5 Å². The van der Waals surface area contributed by atoms with E-state index >= 15 is 0 Å². The fourth-order valence-corrected chi connectivity index (χ4v) is 5.01. The van der Waals surface area contributed by atoms with E-state index in [9.17, 15) is 23.3 Å². The van der Waals surface area contributed by atoms with Crippen molar-refractivity contribution in [2.75, 3.05) is 13.1 Å². The van der Waals surface area contributed by atoms with Crippen LogP contribution in [0, 0.1) is 16.0 Å². The molecule has 1 saturated heterocycles. The molecule has 1 amide bonds. The summed E-state index contributed by atoms with van der Waals surface area (Å²) in [5, 5.41) is 13.6. The van der Waals surface area contributed by atoms with Gasteiger partial charge in [-0.3, -0.25) is 14.9 Å². The third kappa shape index (κ3) is 4.99. The van der Waals surface area contributed by atoms with Gasteiger partial charge < -0.3 is 11.1 Å². The van der Waals surface area contributed by atoms with E-state index in [0.29, 0.717) is 25.3 Å². The van der Waals surface area contributed by atoms with Crippen LogP contribution in [0.1, 0.15) is 32.1 Å². The number of nitrogens with two attached hydrogens (primary N) is 1. The lowest BCUT2D eigenvalue weighted by Crippen LogP contribution is -2.53. The summed E-state index contributed by atoms with van der Waals surface area (Å²) in [7, 11) is -3.92. The quantitative estimate of drug-likeness (QED) is 0.494. The number of sulfonamides is 1. The Morgan fingerprint density at radius 3 is 2.46 bits per heavy atom. The molecule has 0 aromatic heterocycles. The Balaban J connectivity index is 0.00000280. The van der Waals surface area contributed by atoms with Gasteiger partial charge in [-0.15, -0.1) is 12.4 Å². The van der Waals surface area contributed by atoms with Gasteiger partial charge in [0.15, 0.2) is 0 Å². The lowest BCUT2D eigenvalue weighted by molar-refractivity contribution is -0.384. The molecule has 1 aromatic carbocycles. The van der Waals surface area contributed by atoms with Gasteiger partial charge in [0.1, 0.15) is 6.04 Å². The Morgan fingerprint density at radius 2 is 1.89 bits per heavy atom. The largest absolute Gasteiger partial charge is 0.353 e. The first-order valence-corrected chi connectivity index (χ1v) is 10.5. The van der Waals surface area contributed by atoms with E-state index in [1.165, 1.54) is 16.4 Å². The van der Waals surface area contributed by atoms with Crippen LogP contribution in [0.25, 0.3) is 0 Å². The van der Waals surface area contributed by atoms with Crippen LogP contribution in [0.3, 0.4) is 0 Å². The first-order valence-electron chi connectivity index (χ1n) is 9.10.